The molecule has 1 saturated heterocycles. The molecule has 1 heterocycles. The molecule has 1 aromatic rings. The molecule has 0 aromatic heterocycles. The Balaban J connectivity index is 1.78. The monoisotopic (exact) mass is 265 g/mol. The predicted octanol–water partition coefficient (Wildman–Crippen LogP) is 3.96. The third kappa shape index (κ3) is 1.83. The zero-order valence-corrected chi connectivity index (χ0v) is 11.7. The van der Waals surface area contributed by atoms with Crippen molar-refractivity contribution in [1.29, 1.82) is 0 Å². The van der Waals surface area contributed by atoms with Gasteiger partial charge in [-0.3, -0.25) is 0 Å². The van der Waals surface area contributed by atoms with Crippen molar-refractivity contribution in [1.82, 2.24) is 0 Å². The molecule has 3 atom stereocenters. The van der Waals surface area contributed by atoms with Gasteiger partial charge in [-0.05, 0) is 25.0 Å². The number of hydrogen-bond acceptors (Lipinski definition) is 2. The fourth-order valence-corrected chi connectivity index (χ4v) is 3.75. The second-order valence-corrected chi connectivity index (χ2v) is 6.43. The minimum atomic E-state index is 0.185. The Morgan fingerprint density at radius 3 is 2.89 bits per heavy atom. The first-order valence-corrected chi connectivity index (χ1v) is 7.11. The van der Waals surface area contributed by atoms with Crippen LogP contribution in [0, 0.1) is 11.3 Å². The van der Waals surface area contributed by atoms with Crippen LogP contribution in [0.15, 0.2) is 24.3 Å². The van der Waals surface area contributed by atoms with Gasteiger partial charge in [-0.25, -0.2) is 0 Å². The van der Waals surface area contributed by atoms with Crippen LogP contribution in [0.1, 0.15) is 26.7 Å². The van der Waals surface area contributed by atoms with Crippen molar-refractivity contribution in [2.75, 3.05) is 11.9 Å². The van der Waals surface area contributed by atoms with E-state index in [-0.39, 0.29) is 5.41 Å². The first-order valence-electron chi connectivity index (χ1n) is 6.73. The quantitative estimate of drug-likeness (QED) is 0.874. The highest BCUT2D eigenvalue weighted by Crippen LogP contribution is 2.52. The Morgan fingerprint density at radius 2 is 2.11 bits per heavy atom. The van der Waals surface area contributed by atoms with Crippen molar-refractivity contribution < 1.29 is 4.74 Å². The number of nitrogens with one attached hydrogen (secondary N) is 1. The number of para-hydroxylation sites is 1. The normalized spacial score (nSPS) is 33.4. The van der Waals surface area contributed by atoms with Crippen LogP contribution < -0.4 is 5.32 Å². The molecule has 1 N–H and O–H groups in total. The van der Waals surface area contributed by atoms with E-state index in [4.69, 9.17) is 16.3 Å². The molecule has 3 heteroatoms. The van der Waals surface area contributed by atoms with Gasteiger partial charge in [0.2, 0.25) is 0 Å². The van der Waals surface area contributed by atoms with Crippen LogP contribution >= 0.6 is 11.6 Å². The van der Waals surface area contributed by atoms with Gasteiger partial charge in [-0.1, -0.05) is 37.6 Å². The van der Waals surface area contributed by atoms with E-state index >= 15 is 0 Å². The molecule has 3 rings (SSSR count). The highest BCUT2D eigenvalue weighted by molar-refractivity contribution is 6.33. The molecule has 1 aliphatic heterocycles. The predicted molar refractivity (Wildman–Crippen MR) is 75.1 cm³/mol. The van der Waals surface area contributed by atoms with Gasteiger partial charge in [0.15, 0.2) is 0 Å². The number of hydrogen-bond donors (Lipinski definition) is 1. The Bertz CT molecular complexity index is 446. The number of anilines is 1. The Morgan fingerprint density at radius 1 is 1.33 bits per heavy atom. The number of benzene rings is 1. The summed E-state index contributed by atoms with van der Waals surface area (Å²) in [4.78, 5) is 0. The lowest BCUT2D eigenvalue weighted by atomic mass is 9.55. The van der Waals surface area contributed by atoms with E-state index in [1.807, 2.05) is 18.2 Å². The average molecular weight is 266 g/mol. The van der Waals surface area contributed by atoms with Gasteiger partial charge in [0.05, 0.1) is 16.8 Å². The van der Waals surface area contributed by atoms with E-state index in [2.05, 4.69) is 25.2 Å². The summed E-state index contributed by atoms with van der Waals surface area (Å²) in [5.41, 5.74) is 1.23. The number of fused-ring (bicyclic) bond motifs is 1. The number of halogens is 1. The molecule has 18 heavy (non-hydrogen) atoms. The Hall–Kier alpha value is -0.730. The van der Waals surface area contributed by atoms with Gasteiger partial charge in [-0.15, -0.1) is 0 Å². The molecule has 1 aromatic carbocycles. The second-order valence-electron chi connectivity index (χ2n) is 6.02. The summed E-state index contributed by atoms with van der Waals surface area (Å²) in [7, 11) is 0. The smallest absolute Gasteiger partial charge is 0.0693 e. The van der Waals surface area contributed by atoms with Crippen molar-refractivity contribution >= 4 is 17.3 Å². The lowest BCUT2D eigenvalue weighted by molar-refractivity contribution is -0.177. The van der Waals surface area contributed by atoms with Crippen LogP contribution in [-0.4, -0.2) is 18.8 Å². The maximum atomic E-state index is 6.22. The van der Waals surface area contributed by atoms with Crippen LogP contribution in [0.5, 0.6) is 0 Å². The van der Waals surface area contributed by atoms with E-state index in [0.717, 1.165) is 17.3 Å². The van der Waals surface area contributed by atoms with Crippen LogP contribution in [0.25, 0.3) is 0 Å². The molecule has 98 valence electrons. The standard InChI is InChI=1S/C15H20ClNO/c1-15(2)13(10-6-5-9-18-14(10)15)17-12-8-4-3-7-11(12)16/h3-4,7-8,10,13-14,17H,5-6,9H2,1-2H3. The van der Waals surface area contributed by atoms with Crippen molar-refractivity contribution in [3.05, 3.63) is 29.3 Å². The summed E-state index contributed by atoms with van der Waals surface area (Å²) in [6.07, 6.45) is 2.85. The van der Waals surface area contributed by atoms with Crippen LogP contribution in [0.3, 0.4) is 0 Å². The zero-order valence-electron chi connectivity index (χ0n) is 10.9. The number of rotatable bonds is 2. The van der Waals surface area contributed by atoms with Crippen molar-refractivity contribution in [3.8, 4) is 0 Å². The second kappa shape index (κ2) is 4.43. The van der Waals surface area contributed by atoms with Crippen molar-refractivity contribution in [2.24, 2.45) is 11.3 Å². The van der Waals surface area contributed by atoms with Gasteiger partial charge >= 0.3 is 0 Å². The molecule has 0 amide bonds. The lowest BCUT2D eigenvalue weighted by Gasteiger charge is -2.60. The highest BCUT2D eigenvalue weighted by atomic mass is 35.5. The van der Waals surface area contributed by atoms with Crippen LogP contribution in [0.4, 0.5) is 5.69 Å². The first-order chi connectivity index (χ1) is 8.60. The molecular weight excluding hydrogens is 246 g/mol. The largest absolute Gasteiger partial charge is 0.380 e. The van der Waals surface area contributed by atoms with Gasteiger partial charge in [0.1, 0.15) is 0 Å². The Labute approximate surface area is 114 Å². The maximum Gasteiger partial charge on any atom is 0.0693 e. The minimum absolute atomic E-state index is 0.185. The topological polar surface area (TPSA) is 21.3 Å². The first kappa shape index (κ1) is 12.3. The van der Waals surface area contributed by atoms with E-state index in [9.17, 15) is 0 Å². The molecule has 2 nitrogen and oxygen atoms in total. The van der Waals surface area contributed by atoms with Gasteiger partial charge in [-0.2, -0.15) is 0 Å². The van der Waals surface area contributed by atoms with E-state index in [1.54, 1.807) is 0 Å². The maximum absolute atomic E-state index is 6.22. The van der Waals surface area contributed by atoms with E-state index < -0.39 is 0 Å². The molecule has 2 fully saturated rings. The fourth-order valence-electron chi connectivity index (χ4n) is 3.56. The minimum Gasteiger partial charge on any atom is -0.380 e. The van der Waals surface area contributed by atoms with E-state index in [1.165, 1.54) is 12.8 Å². The van der Waals surface area contributed by atoms with Crippen molar-refractivity contribution in [3.63, 3.8) is 0 Å². The lowest BCUT2D eigenvalue weighted by Crippen LogP contribution is -2.67. The highest BCUT2D eigenvalue weighted by Gasteiger charge is 2.57. The van der Waals surface area contributed by atoms with Gasteiger partial charge < -0.3 is 10.1 Å². The van der Waals surface area contributed by atoms with Gasteiger partial charge in [0, 0.05) is 24.0 Å². The van der Waals surface area contributed by atoms with Crippen LogP contribution in [-0.2, 0) is 4.74 Å². The fraction of sp³-hybridized carbons (Fsp3) is 0.600. The molecule has 1 aliphatic carbocycles. The summed E-state index contributed by atoms with van der Waals surface area (Å²) in [6, 6.07) is 8.43. The van der Waals surface area contributed by atoms with Crippen molar-refractivity contribution in [2.45, 2.75) is 38.8 Å². The summed E-state index contributed by atoms with van der Waals surface area (Å²) < 4.78 is 5.92. The third-order valence-electron chi connectivity index (χ3n) is 4.52. The summed E-state index contributed by atoms with van der Waals surface area (Å²) in [6.45, 7) is 5.49. The summed E-state index contributed by atoms with van der Waals surface area (Å²) >= 11 is 6.22. The zero-order chi connectivity index (χ0) is 12.8. The van der Waals surface area contributed by atoms with Gasteiger partial charge in [0.25, 0.3) is 0 Å². The Kier molecular flexibility index (Phi) is 3.03. The number of ether oxygens (including phenoxy) is 1. The van der Waals surface area contributed by atoms with E-state index in [0.29, 0.717) is 18.1 Å². The molecular formula is C15H20ClNO. The SMILES string of the molecule is CC1(C)C(Nc2ccccc2Cl)C2CCCOC21. The molecule has 0 bridgehead atoms. The molecule has 1 saturated carbocycles. The van der Waals surface area contributed by atoms with Crippen LogP contribution in [0.2, 0.25) is 5.02 Å². The third-order valence-corrected chi connectivity index (χ3v) is 4.85. The molecule has 2 aliphatic rings. The summed E-state index contributed by atoms with van der Waals surface area (Å²) in [5.74, 6) is 0.630. The summed E-state index contributed by atoms with van der Waals surface area (Å²) in [5, 5.41) is 4.42. The average Bonchev–Trinajstić information content (AvgIpc) is 2.38. The molecule has 0 radical (unpaired) electrons. The molecule has 3 unspecified atom stereocenters. The molecule has 0 spiro atoms.